The molecule has 0 bridgehead atoms. The molecule has 0 aromatic carbocycles. The Kier molecular flexibility index (Phi) is 13.2. The van der Waals surface area contributed by atoms with E-state index >= 15 is 0 Å². The smallest absolute Gasteiger partial charge is 0.187 e. The van der Waals surface area contributed by atoms with Crippen LogP contribution in [0.15, 0.2) is 0 Å². The summed E-state index contributed by atoms with van der Waals surface area (Å²) in [6, 6.07) is 0. The molecule has 0 radical (unpaired) electrons. The summed E-state index contributed by atoms with van der Waals surface area (Å²) in [5, 5.41) is 120. The lowest BCUT2D eigenvalue weighted by Gasteiger charge is -2.74. The standard InChI is InChI=1S/C47H80O17/c1-20-30(52)33(55)35(57)39(60-20)63-37-31(53)24(51)19-59-41(37)62-28-13-15-45(7)27-11-10-26-44(6)14-12-21(43(4,5)64-40-36(58)34(56)32(54)25(18-48)61-40)29(44)22(49)16-46(26,8)47(27,9)17-23(50)38(45)42(28,2)3/h20-41,48-58H,10-19H2,1-9H3/t20-,21+,22-,23-,24+,25+,26+,27+,28-,29+,30-,31-,32+,33+,34-,35+,36+,37+,38-,39-,40-,41-,44+,45+,46+,47+/m0/s1. The fraction of sp³-hybridized carbons (Fsp3) is 1.00. The number of rotatable bonds is 8. The van der Waals surface area contributed by atoms with Crippen molar-refractivity contribution in [3.8, 4) is 0 Å². The Hall–Kier alpha value is -0.680. The van der Waals surface area contributed by atoms with Crippen LogP contribution in [-0.4, -0.2) is 179 Å². The van der Waals surface area contributed by atoms with Crippen LogP contribution >= 0.6 is 0 Å². The Balaban J connectivity index is 1.01. The summed E-state index contributed by atoms with van der Waals surface area (Å²) >= 11 is 0. The highest BCUT2D eigenvalue weighted by atomic mass is 16.8. The molecule has 3 aliphatic heterocycles. The summed E-state index contributed by atoms with van der Waals surface area (Å²) < 4.78 is 36.7. The fourth-order valence-electron chi connectivity index (χ4n) is 16.5. The molecular weight excluding hydrogens is 836 g/mol. The van der Waals surface area contributed by atoms with Crippen LogP contribution in [-0.2, 0) is 28.4 Å². The molecule has 0 aromatic rings. The molecule has 0 amide bonds. The van der Waals surface area contributed by atoms with Crippen LogP contribution in [0.1, 0.15) is 114 Å². The van der Waals surface area contributed by atoms with Gasteiger partial charge in [0.2, 0.25) is 0 Å². The number of hydrogen-bond donors (Lipinski definition) is 11. The van der Waals surface area contributed by atoms with Crippen molar-refractivity contribution in [2.45, 2.75) is 224 Å². The van der Waals surface area contributed by atoms with Crippen molar-refractivity contribution in [3.05, 3.63) is 0 Å². The third-order valence-electron chi connectivity index (χ3n) is 19.7. The van der Waals surface area contributed by atoms with Crippen LogP contribution in [0.5, 0.6) is 0 Å². The summed E-state index contributed by atoms with van der Waals surface area (Å²) in [7, 11) is 0. The minimum absolute atomic E-state index is 0.129. The maximum Gasteiger partial charge on any atom is 0.187 e. The predicted octanol–water partition coefficient (Wildman–Crippen LogP) is 0.301. The van der Waals surface area contributed by atoms with Gasteiger partial charge in [-0.25, -0.2) is 0 Å². The quantitative estimate of drug-likeness (QED) is 0.146. The van der Waals surface area contributed by atoms with Crippen molar-refractivity contribution in [1.29, 1.82) is 0 Å². The molecule has 0 spiro atoms. The summed E-state index contributed by atoms with van der Waals surface area (Å²) in [5.41, 5.74) is -2.82. The lowest BCUT2D eigenvalue weighted by molar-refractivity contribution is -0.367. The van der Waals surface area contributed by atoms with Gasteiger partial charge in [-0.15, -0.1) is 0 Å². The maximum atomic E-state index is 12.7. The van der Waals surface area contributed by atoms with Gasteiger partial charge in [0.15, 0.2) is 18.9 Å². The van der Waals surface area contributed by atoms with E-state index in [1.807, 2.05) is 13.8 Å². The SMILES string of the molecule is C[C@@H]1O[C@@H](O[C@H]2[C@H](O[C@H]3CC[C@]4(C)[C@H]5CC[C@@H]6[C@@]7(C)CC[C@@H](C(C)(C)O[C@@H]8O[C@H](CO)[C@@H](O)[C@H](O)[C@H]8O)[C@@H]7[C@@H](O)C[C@@]6(C)[C@]5(C)C[C@H](O)[C@H]4C3(C)C)OC[C@@H](O)[C@@H]2O)[C@H](O)[C@H](O)[C@H]1O. The van der Waals surface area contributed by atoms with Crippen LogP contribution in [0.25, 0.3) is 0 Å². The number of aliphatic hydroxyl groups is 11. The van der Waals surface area contributed by atoms with E-state index in [0.29, 0.717) is 19.3 Å². The Morgan fingerprint density at radius 2 is 1.17 bits per heavy atom. The zero-order valence-electron chi connectivity index (χ0n) is 39.1. The van der Waals surface area contributed by atoms with Crippen molar-refractivity contribution < 1.29 is 84.6 Å². The summed E-state index contributed by atoms with van der Waals surface area (Å²) in [6.45, 7) is 18.1. The van der Waals surface area contributed by atoms with Gasteiger partial charge in [0.25, 0.3) is 0 Å². The zero-order chi connectivity index (χ0) is 47.0. The van der Waals surface area contributed by atoms with E-state index in [1.165, 1.54) is 6.92 Å². The lowest BCUT2D eigenvalue weighted by Crippen LogP contribution is -2.71. The fourth-order valence-corrected chi connectivity index (χ4v) is 16.5. The molecule has 5 aliphatic carbocycles. The topological polar surface area (TPSA) is 278 Å². The van der Waals surface area contributed by atoms with E-state index in [4.69, 9.17) is 28.4 Å². The van der Waals surface area contributed by atoms with E-state index in [1.54, 1.807) is 0 Å². The van der Waals surface area contributed by atoms with Crippen molar-refractivity contribution in [2.24, 2.45) is 56.7 Å². The normalized spacial score (nSPS) is 57.6. The average Bonchev–Trinajstić information content (AvgIpc) is 3.59. The molecule has 8 aliphatic rings. The Labute approximate surface area is 377 Å². The van der Waals surface area contributed by atoms with Gasteiger partial charge >= 0.3 is 0 Å². The minimum atomic E-state index is -1.65. The molecule has 8 fully saturated rings. The minimum Gasteiger partial charge on any atom is -0.394 e. The molecule has 0 unspecified atom stereocenters. The number of hydrogen-bond acceptors (Lipinski definition) is 17. The van der Waals surface area contributed by atoms with Gasteiger partial charge in [0, 0.05) is 0 Å². The van der Waals surface area contributed by atoms with Crippen LogP contribution in [0.3, 0.4) is 0 Å². The van der Waals surface area contributed by atoms with E-state index in [0.717, 1.165) is 32.1 Å². The summed E-state index contributed by atoms with van der Waals surface area (Å²) in [5.74, 6) is -0.0429. The lowest BCUT2D eigenvalue weighted by atomic mass is 9.31. The van der Waals surface area contributed by atoms with E-state index in [2.05, 4.69) is 41.5 Å². The van der Waals surface area contributed by atoms with Gasteiger partial charge in [-0.3, -0.25) is 0 Å². The first-order valence-corrected chi connectivity index (χ1v) is 24.0. The highest BCUT2D eigenvalue weighted by Gasteiger charge is 2.74. The molecule has 5 saturated carbocycles. The number of ether oxygens (including phenoxy) is 6. The van der Waals surface area contributed by atoms with Crippen LogP contribution in [0.2, 0.25) is 0 Å². The second kappa shape index (κ2) is 17.0. The molecule has 26 atom stereocenters. The summed E-state index contributed by atoms with van der Waals surface area (Å²) in [6.07, 6.45) is -15.2. The van der Waals surface area contributed by atoms with Gasteiger partial charge < -0.3 is 84.6 Å². The van der Waals surface area contributed by atoms with Gasteiger partial charge in [0.1, 0.15) is 61.0 Å². The Morgan fingerprint density at radius 1 is 0.594 bits per heavy atom. The van der Waals surface area contributed by atoms with Crippen LogP contribution in [0, 0.1) is 56.7 Å². The van der Waals surface area contributed by atoms with Gasteiger partial charge in [-0.2, -0.15) is 0 Å². The molecule has 11 N–H and O–H groups in total. The molecule has 17 heteroatoms. The monoisotopic (exact) mass is 917 g/mol. The van der Waals surface area contributed by atoms with Crippen molar-refractivity contribution in [3.63, 3.8) is 0 Å². The highest BCUT2D eigenvalue weighted by molar-refractivity contribution is 5.23. The molecule has 17 nitrogen and oxygen atoms in total. The number of aliphatic hydroxyl groups excluding tert-OH is 11. The first-order chi connectivity index (χ1) is 29.7. The zero-order valence-corrected chi connectivity index (χ0v) is 39.1. The molecule has 370 valence electrons. The second-order valence-electron chi connectivity index (χ2n) is 23.7. The molecule has 3 saturated heterocycles. The maximum absolute atomic E-state index is 12.7. The van der Waals surface area contributed by atoms with E-state index in [-0.39, 0.29) is 57.9 Å². The Morgan fingerprint density at radius 3 is 1.81 bits per heavy atom. The van der Waals surface area contributed by atoms with Crippen LogP contribution in [0.4, 0.5) is 0 Å². The van der Waals surface area contributed by atoms with Crippen molar-refractivity contribution in [1.82, 2.24) is 0 Å². The third-order valence-corrected chi connectivity index (χ3v) is 19.7. The van der Waals surface area contributed by atoms with Gasteiger partial charge in [0.05, 0.1) is 43.2 Å². The first kappa shape index (κ1) is 49.7. The largest absolute Gasteiger partial charge is 0.394 e. The first-order valence-electron chi connectivity index (χ1n) is 24.0. The highest BCUT2D eigenvalue weighted by Crippen LogP contribution is 2.78. The van der Waals surface area contributed by atoms with Gasteiger partial charge in [-0.1, -0.05) is 41.5 Å². The molecule has 64 heavy (non-hydrogen) atoms. The molecular formula is C47H80O17. The van der Waals surface area contributed by atoms with E-state index in [9.17, 15) is 56.2 Å². The predicted molar refractivity (Wildman–Crippen MR) is 225 cm³/mol. The molecule has 0 aromatic heterocycles. The van der Waals surface area contributed by atoms with Crippen LogP contribution < -0.4 is 0 Å². The van der Waals surface area contributed by atoms with Crippen molar-refractivity contribution in [2.75, 3.05) is 13.2 Å². The molecule has 3 heterocycles. The van der Waals surface area contributed by atoms with Crippen molar-refractivity contribution >= 4 is 0 Å². The second-order valence-corrected chi connectivity index (χ2v) is 23.7. The molecule has 8 rings (SSSR count). The summed E-state index contributed by atoms with van der Waals surface area (Å²) in [4.78, 5) is 0. The van der Waals surface area contributed by atoms with Gasteiger partial charge in [-0.05, 0) is 129 Å². The Bertz CT molecular complexity index is 1670. The van der Waals surface area contributed by atoms with E-state index < -0.39 is 122 Å². The average molecular weight is 917 g/mol. The third kappa shape index (κ3) is 7.43. The number of fused-ring (bicyclic) bond motifs is 7.